The molecule has 0 saturated carbocycles. The Morgan fingerprint density at radius 3 is 2.35 bits per heavy atom. The minimum Gasteiger partial charge on any atom is -0.318 e. The third kappa shape index (κ3) is 3.74. The number of aryl methyl sites for hydroxylation is 2. The average Bonchev–Trinajstić information content (AvgIpc) is 2.92. The highest BCUT2D eigenvalue weighted by atomic mass is 19.1. The molecule has 0 spiro atoms. The number of nitrogens with zero attached hydrogens (tertiary/aromatic N) is 2. The maximum atomic E-state index is 13.2. The molecule has 0 aliphatic rings. The first-order valence-corrected chi connectivity index (χ1v) is 8.95. The number of benzene rings is 1. The Hall–Kier alpha value is -2.75. The molecule has 3 nitrogen and oxygen atoms in total. The molecule has 26 heavy (non-hydrogen) atoms. The van der Waals surface area contributed by atoms with Crippen molar-refractivity contribution in [3.63, 3.8) is 0 Å². The van der Waals surface area contributed by atoms with Crippen LogP contribution in [0.4, 0.5) is 4.39 Å². The standard InChI is InChI=1S/C22H24FN2O/c1-4-5-18-10-12-24(13-11-18)15-22(26)21-14-16(2)25(17(21)3)20-8-6-19(23)7-9-20/h6-14H,4-5,15H2,1-3H3/q+1. The largest absolute Gasteiger partial charge is 0.318 e. The van der Waals surface area contributed by atoms with Gasteiger partial charge < -0.3 is 4.57 Å². The molecule has 2 heterocycles. The SMILES string of the molecule is CCCc1cc[n+](CC(=O)c2cc(C)n(-c3ccc(F)cc3)c2C)cc1. The van der Waals surface area contributed by atoms with Crippen molar-refractivity contribution in [2.75, 3.05) is 0 Å². The van der Waals surface area contributed by atoms with E-state index in [0.29, 0.717) is 12.1 Å². The summed E-state index contributed by atoms with van der Waals surface area (Å²) in [6, 6.07) is 12.4. The number of pyridine rings is 1. The van der Waals surface area contributed by atoms with E-state index in [-0.39, 0.29) is 11.6 Å². The van der Waals surface area contributed by atoms with Crippen molar-refractivity contribution < 1.29 is 13.8 Å². The van der Waals surface area contributed by atoms with Crippen LogP contribution in [0, 0.1) is 19.7 Å². The van der Waals surface area contributed by atoms with Gasteiger partial charge in [0.15, 0.2) is 12.4 Å². The second-order valence-corrected chi connectivity index (χ2v) is 6.65. The molecular formula is C22H24FN2O+. The number of carbonyl (C=O) groups excluding carboxylic acids is 1. The maximum Gasteiger partial charge on any atom is 0.229 e. The summed E-state index contributed by atoms with van der Waals surface area (Å²) in [6.45, 7) is 6.35. The number of rotatable bonds is 6. The van der Waals surface area contributed by atoms with Gasteiger partial charge in [0.25, 0.3) is 0 Å². The Bertz CT molecular complexity index is 909. The van der Waals surface area contributed by atoms with Crippen LogP contribution >= 0.6 is 0 Å². The highest BCUT2D eigenvalue weighted by molar-refractivity contribution is 5.96. The van der Waals surface area contributed by atoms with E-state index in [1.54, 1.807) is 12.1 Å². The molecule has 0 fully saturated rings. The van der Waals surface area contributed by atoms with E-state index < -0.39 is 0 Å². The smallest absolute Gasteiger partial charge is 0.229 e. The Kier molecular flexibility index (Phi) is 5.31. The van der Waals surface area contributed by atoms with Crippen molar-refractivity contribution in [2.45, 2.75) is 40.2 Å². The summed E-state index contributed by atoms with van der Waals surface area (Å²) in [7, 11) is 0. The van der Waals surface area contributed by atoms with Crippen LogP contribution in [0.2, 0.25) is 0 Å². The van der Waals surface area contributed by atoms with Crippen molar-refractivity contribution >= 4 is 5.78 Å². The molecule has 1 aromatic carbocycles. The first-order chi connectivity index (χ1) is 12.5. The van der Waals surface area contributed by atoms with Crippen molar-refractivity contribution in [1.29, 1.82) is 0 Å². The topological polar surface area (TPSA) is 25.9 Å². The Morgan fingerprint density at radius 2 is 1.73 bits per heavy atom. The second kappa shape index (κ2) is 7.65. The summed E-state index contributed by atoms with van der Waals surface area (Å²) in [4.78, 5) is 12.8. The van der Waals surface area contributed by atoms with Crippen LogP contribution in [0.3, 0.4) is 0 Å². The molecule has 0 unspecified atom stereocenters. The Morgan fingerprint density at radius 1 is 1.08 bits per heavy atom. The molecule has 4 heteroatoms. The molecule has 0 radical (unpaired) electrons. The number of ketones is 1. The van der Waals surface area contributed by atoms with Gasteiger partial charge in [0.1, 0.15) is 5.82 Å². The molecule has 3 rings (SSSR count). The second-order valence-electron chi connectivity index (χ2n) is 6.65. The average molecular weight is 351 g/mol. The highest BCUT2D eigenvalue weighted by Gasteiger charge is 2.19. The Balaban J connectivity index is 1.84. The van der Waals surface area contributed by atoms with Crippen LogP contribution in [-0.4, -0.2) is 10.4 Å². The fourth-order valence-corrected chi connectivity index (χ4v) is 3.33. The minimum absolute atomic E-state index is 0.0692. The molecule has 0 N–H and O–H groups in total. The number of Topliss-reactive ketones (excluding diaryl/α,β-unsaturated/α-hetero) is 1. The zero-order chi connectivity index (χ0) is 18.7. The molecule has 0 atom stereocenters. The summed E-state index contributed by atoms with van der Waals surface area (Å²) in [6.07, 6.45) is 6.08. The Labute approximate surface area is 153 Å². The molecule has 0 amide bonds. The number of hydrogen-bond donors (Lipinski definition) is 0. The summed E-state index contributed by atoms with van der Waals surface area (Å²) in [5, 5.41) is 0. The fourth-order valence-electron chi connectivity index (χ4n) is 3.33. The van der Waals surface area contributed by atoms with E-state index in [4.69, 9.17) is 0 Å². The summed E-state index contributed by atoms with van der Waals surface area (Å²) >= 11 is 0. The van der Waals surface area contributed by atoms with E-state index in [2.05, 4.69) is 19.1 Å². The van der Waals surface area contributed by atoms with Crippen molar-refractivity contribution in [3.8, 4) is 5.69 Å². The van der Waals surface area contributed by atoms with Gasteiger partial charge in [0.2, 0.25) is 12.3 Å². The van der Waals surface area contributed by atoms with Gasteiger partial charge in [-0.3, -0.25) is 4.79 Å². The predicted octanol–water partition coefficient (Wildman–Crippen LogP) is 4.36. The van der Waals surface area contributed by atoms with Crippen LogP contribution < -0.4 is 4.57 Å². The van der Waals surface area contributed by atoms with Gasteiger partial charge in [0.05, 0.1) is 0 Å². The molecule has 0 saturated heterocycles. The monoisotopic (exact) mass is 351 g/mol. The molecule has 0 aliphatic heterocycles. The molecule has 0 aliphatic carbocycles. The molecular weight excluding hydrogens is 327 g/mol. The zero-order valence-corrected chi connectivity index (χ0v) is 15.5. The molecule has 0 bridgehead atoms. The third-order valence-electron chi connectivity index (χ3n) is 4.64. The first kappa shape index (κ1) is 18.1. The quantitative estimate of drug-likeness (QED) is 0.479. The van der Waals surface area contributed by atoms with Gasteiger partial charge in [-0.1, -0.05) is 13.3 Å². The number of halogens is 1. The van der Waals surface area contributed by atoms with Crippen LogP contribution in [0.25, 0.3) is 5.69 Å². The van der Waals surface area contributed by atoms with Gasteiger partial charge in [-0.25, -0.2) is 4.39 Å². The van der Waals surface area contributed by atoms with Crippen LogP contribution in [0.1, 0.15) is 40.7 Å². The van der Waals surface area contributed by atoms with E-state index in [0.717, 1.165) is 29.9 Å². The number of hydrogen-bond acceptors (Lipinski definition) is 1. The zero-order valence-electron chi connectivity index (χ0n) is 15.5. The number of aromatic nitrogens is 2. The lowest BCUT2D eigenvalue weighted by Gasteiger charge is -2.09. The minimum atomic E-state index is -0.268. The van der Waals surface area contributed by atoms with E-state index in [9.17, 15) is 9.18 Å². The highest BCUT2D eigenvalue weighted by Crippen LogP contribution is 2.21. The number of carbonyl (C=O) groups is 1. The van der Waals surface area contributed by atoms with E-state index in [1.807, 2.05) is 41.4 Å². The first-order valence-electron chi connectivity index (χ1n) is 8.95. The van der Waals surface area contributed by atoms with Crippen molar-refractivity contribution in [1.82, 2.24) is 4.57 Å². The van der Waals surface area contributed by atoms with Gasteiger partial charge in [-0.05, 0) is 56.2 Å². The van der Waals surface area contributed by atoms with Gasteiger partial charge in [-0.2, -0.15) is 4.57 Å². The van der Waals surface area contributed by atoms with Gasteiger partial charge in [0, 0.05) is 34.8 Å². The van der Waals surface area contributed by atoms with Crippen LogP contribution in [0.5, 0.6) is 0 Å². The van der Waals surface area contributed by atoms with Crippen molar-refractivity contribution in [3.05, 3.63) is 83.2 Å². The normalized spacial score (nSPS) is 10.9. The summed E-state index contributed by atoms with van der Waals surface area (Å²) < 4.78 is 17.1. The van der Waals surface area contributed by atoms with E-state index >= 15 is 0 Å². The fraction of sp³-hybridized carbons (Fsp3) is 0.273. The predicted molar refractivity (Wildman–Crippen MR) is 100 cm³/mol. The van der Waals surface area contributed by atoms with Crippen molar-refractivity contribution in [2.24, 2.45) is 0 Å². The van der Waals surface area contributed by atoms with Crippen LogP contribution in [0.15, 0.2) is 54.9 Å². The lowest BCUT2D eigenvalue weighted by atomic mass is 10.1. The summed E-state index contributed by atoms with van der Waals surface area (Å²) in [5.74, 6) is -0.199. The van der Waals surface area contributed by atoms with Crippen LogP contribution in [-0.2, 0) is 13.0 Å². The molecule has 3 aromatic rings. The lowest BCUT2D eigenvalue weighted by Crippen LogP contribution is -2.37. The molecule has 134 valence electrons. The van der Waals surface area contributed by atoms with Gasteiger partial charge >= 0.3 is 0 Å². The van der Waals surface area contributed by atoms with E-state index in [1.165, 1.54) is 17.7 Å². The lowest BCUT2D eigenvalue weighted by molar-refractivity contribution is -0.683. The third-order valence-corrected chi connectivity index (χ3v) is 4.64. The molecule has 2 aromatic heterocycles. The maximum absolute atomic E-state index is 13.2. The summed E-state index contributed by atoms with van der Waals surface area (Å²) in [5.41, 5.74) is 4.68. The van der Waals surface area contributed by atoms with Gasteiger partial charge in [-0.15, -0.1) is 0 Å².